The minimum Gasteiger partial charge on any atom is -0.392 e. The molecule has 0 aliphatic heterocycles. The maximum absolute atomic E-state index is 12.3. The van der Waals surface area contributed by atoms with E-state index in [-0.39, 0.29) is 18.4 Å². The summed E-state index contributed by atoms with van der Waals surface area (Å²) in [6.45, 7) is 4.29. The predicted octanol–water partition coefficient (Wildman–Crippen LogP) is 2.42. The van der Waals surface area contributed by atoms with Crippen LogP contribution in [0.3, 0.4) is 0 Å². The fraction of sp³-hybridized carbons (Fsp3) is 0.625. The summed E-state index contributed by atoms with van der Waals surface area (Å²) in [5.41, 5.74) is 1.45. The summed E-state index contributed by atoms with van der Waals surface area (Å²) in [6.07, 6.45) is 3.01. The Morgan fingerprint density at radius 3 is 2.38 bits per heavy atom. The van der Waals surface area contributed by atoms with Crippen molar-refractivity contribution < 1.29 is 13.5 Å². The predicted molar refractivity (Wildman–Crippen MR) is 84.1 cm³/mol. The summed E-state index contributed by atoms with van der Waals surface area (Å²) in [4.78, 5) is 0. The van der Waals surface area contributed by atoms with Crippen LogP contribution in [0.1, 0.15) is 44.2 Å². The molecule has 21 heavy (non-hydrogen) atoms. The van der Waals surface area contributed by atoms with E-state index >= 15 is 0 Å². The van der Waals surface area contributed by atoms with Gasteiger partial charge in [-0.3, -0.25) is 0 Å². The van der Waals surface area contributed by atoms with Crippen molar-refractivity contribution in [2.24, 2.45) is 11.8 Å². The van der Waals surface area contributed by atoms with Crippen LogP contribution in [0.15, 0.2) is 24.3 Å². The van der Waals surface area contributed by atoms with Crippen LogP contribution in [0, 0.1) is 11.8 Å². The largest absolute Gasteiger partial charge is 0.392 e. The van der Waals surface area contributed by atoms with Crippen LogP contribution < -0.4 is 4.72 Å². The van der Waals surface area contributed by atoms with E-state index in [1.54, 1.807) is 24.3 Å². The molecule has 1 aromatic rings. The van der Waals surface area contributed by atoms with Crippen molar-refractivity contribution in [2.75, 3.05) is 0 Å². The molecule has 0 heterocycles. The molecule has 2 N–H and O–H groups in total. The van der Waals surface area contributed by atoms with Gasteiger partial charge in [0.05, 0.1) is 12.4 Å². The van der Waals surface area contributed by atoms with E-state index in [9.17, 15) is 8.42 Å². The summed E-state index contributed by atoms with van der Waals surface area (Å²) in [5, 5.41) is 9.11. The summed E-state index contributed by atoms with van der Waals surface area (Å²) < 4.78 is 27.5. The quantitative estimate of drug-likeness (QED) is 0.877. The fourth-order valence-corrected chi connectivity index (χ4v) is 4.78. The van der Waals surface area contributed by atoms with Gasteiger partial charge >= 0.3 is 0 Å². The molecule has 2 atom stereocenters. The molecule has 0 saturated heterocycles. The zero-order valence-corrected chi connectivity index (χ0v) is 13.6. The van der Waals surface area contributed by atoms with E-state index in [1.807, 2.05) is 0 Å². The van der Waals surface area contributed by atoms with Gasteiger partial charge in [-0.15, -0.1) is 0 Å². The average Bonchev–Trinajstić information content (AvgIpc) is 2.36. The minimum atomic E-state index is -3.34. The zero-order chi connectivity index (χ0) is 15.5. The monoisotopic (exact) mass is 311 g/mol. The van der Waals surface area contributed by atoms with Gasteiger partial charge in [0.25, 0.3) is 0 Å². The molecule has 1 aliphatic carbocycles. The van der Waals surface area contributed by atoms with Crippen molar-refractivity contribution in [3.05, 3.63) is 35.4 Å². The summed E-state index contributed by atoms with van der Waals surface area (Å²) >= 11 is 0. The first-order valence-electron chi connectivity index (χ1n) is 7.56. The Bertz CT molecular complexity index is 561. The van der Waals surface area contributed by atoms with Crippen LogP contribution in [-0.2, 0) is 22.4 Å². The summed E-state index contributed by atoms with van der Waals surface area (Å²) in [6, 6.07) is 7.14. The van der Waals surface area contributed by atoms with Gasteiger partial charge in [0.15, 0.2) is 0 Å². The number of nitrogens with one attached hydrogen (secondary N) is 1. The number of aliphatic hydroxyl groups is 1. The average molecular weight is 311 g/mol. The Labute approximate surface area is 127 Å². The molecule has 118 valence electrons. The fourth-order valence-electron chi connectivity index (χ4n) is 3.38. The van der Waals surface area contributed by atoms with Crippen LogP contribution in [0.4, 0.5) is 0 Å². The van der Waals surface area contributed by atoms with E-state index in [0.717, 1.165) is 18.4 Å². The highest BCUT2D eigenvalue weighted by atomic mass is 32.2. The van der Waals surface area contributed by atoms with E-state index in [0.29, 0.717) is 17.4 Å². The number of hydrogen-bond donors (Lipinski definition) is 2. The smallest absolute Gasteiger partial charge is 0.216 e. The van der Waals surface area contributed by atoms with Gasteiger partial charge in [-0.1, -0.05) is 38.1 Å². The first-order chi connectivity index (χ1) is 9.88. The number of rotatable bonds is 5. The van der Waals surface area contributed by atoms with Crippen molar-refractivity contribution in [3.63, 3.8) is 0 Å². The van der Waals surface area contributed by atoms with Crippen LogP contribution >= 0.6 is 0 Å². The highest BCUT2D eigenvalue weighted by Gasteiger charge is 2.27. The Morgan fingerprint density at radius 1 is 1.14 bits per heavy atom. The van der Waals surface area contributed by atoms with Gasteiger partial charge in [-0.25, -0.2) is 13.1 Å². The van der Waals surface area contributed by atoms with E-state index in [1.165, 1.54) is 6.42 Å². The molecule has 1 fully saturated rings. The lowest BCUT2D eigenvalue weighted by Crippen LogP contribution is -2.40. The standard InChI is InChI=1S/C16H25NO3S/c1-12-6-13(2)8-16(7-12)17-21(19,20)11-15-5-3-4-14(9-15)10-18/h3-5,9,12-13,16-18H,6-8,10-11H2,1-2H3. The second-order valence-corrected chi connectivity index (χ2v) is 8.22. The van der Waals surface area contributed by atoms with E-state index in [4.69, 9.17) is 5.11 Å². The van der Waals surface area contributed by atoms with Gasteiger partial charge in [-0.05, 0) is 42.2 Å². The molecule has 4 nitrogen and oxygen atoms in total. The summed E-state index contributed by atoms with van der Waals surface area (Å²) in [7, 11) is -3.34. The van der Waals surface area contributed by atoms with Gasteiger partial charge in [0, 0.05) is 6.04 Å². The Kier molecular flexibility index (Phi) is 5.41. The third kappa shape index (κ3) is 5.09. The van der Waals surface area contributed by atoms with E-state index in [2.05, 4.69) is 18.6 Å². The molecule has 2 unspecified atom stereocenters. The Morgan fingerprint density at radius 2 is 1.76 bits per heavy atom. The number of aliphatic hydroxyl groups excluding tert-OH is 1. The normalized spacial score (nSPS) is 26.7. The first kappa shape index (κ1) is 16.5. The maximum Gasteiger partial charge on any atom is 0.216 e. The number of hydrogen-bond acceptors (Lipinski definition) is 3. The SMILES string of the molecule is CC1CC(C)CC(NS(=O)(=O)Cc2cccc(CO)c2)C1. The lowest BCUT2D eigenvalue weighted by Gasteiger charge is -2.31. The second-order valence-electron chi connectivity index (χ2n) is 6.47. The maximum atomic E-state index is 12.3. The molecular weight excluding hydrogens is 286 g/mol. The molecule has 0 radical (unpaired) electrons. The van der Waals surface area contributed by atoms with Gasteiger partial charge in [0.1, 0.15) is 0 Å². The van der Waals surface area contributed by atoms with Crippen molar-refractivity contribution in [2.45, 2.75) is 51.5 Å². The van der Waals surface area contributed by atoms with Crippen LogP contribution in [0.2, 0.25) is 0 Å². The molecule has 0 spiro atoms. The molecule has 1 aliphatic rings. The van der Waals surface area contributed by atoms with Crippen molar-refractivity contribution >= 4 is 10.0 Å². The van der Waals surface area contributed by atoms with E-state index < -0.39 is 10.0 Å². The Balaban J connectivity index is 2.01. The van der Waals surface area contributed by atoms with Gasteiger partial charge < -0.3 is 5.11 Å². The van der Waals surface area contributed by atoms with Gasteiger partial charge in [-0.2, -0.15) is 0 Å². The number of benzene rings is 1. The molecule has 0 bridgehead atoms. The minimum absolute atomic E-state index is 0.0277. The van der Waals surface area contributed by atoms with Crippen LogP contribution in [-0.4, -0.2) is 19.6 Å². The van der Waals surface area contributed by atoms with Crippen molar-refractivity contribution in [1.29, 1.82) is 0 Å². The molecule has 0 amide bonds. The first-order valence-corrected chi connectivity index (χ1v) is 9.22. The molecule has 0 aromatic heterocycles. The lowest BCUT2D eigenvalue weighted by molar-refractivity contribution is 0.257. The third-order valence-electron chi connectivity index (χ3n) is 4.06. The molecule has 1 saturated carbocycles. The zero-order valence-electron chi connectivity index (χ0n) is 12.7. The van der Waals surface area contributed by atoms with Crippen molar-refractivity contribution in [3.8, 4) is 0 Å². The summed E-state index contributed by atoms with van der Waals surface area (Å²) in [5.74, 6) is 1.11. The molecular formula is C16H25NO3S. The van der Waals surface area contributed by atoms with Crippen molar-refractivity contribution in [1.82, 2.24) is 4.72 Å². The number of sulfonamides is 1. The lowest BCUT2D eigenvalue weighted by atomic mass is 9.81. The third-order valence-corrected chi connectivity index (χ3v) is 5.46. The highest BCUT2D eigenvalue weighted by Crippen LogP contribution is 2.29. The molecule has 2 rings (SSSR count). The topological polar surface area (TPSA) is 66.4 Å². The van der Waals surface area contributed by atoms with Crippen LogP contribution in [0.5, 0.6) is 0 Å². The Hall–Kier alpha value is -0.910. The van der Waals surface area contributed by atoms with Crippen LogP contribution in [0.25, 0.3) is 0 Å². The highest BCUT2D eigenvalue weighted by molar-refractivity contribution is 7.88. The molecule has 5 heteroatoms. The molecule has 1 aromatic carbocycles. The van der Waals surface area contributed by atoms with Gasteiger partial charge in [0.2, 0.25) is 10.0 Å². The second kappa shape index (κ2) is 6.90.